The van der Waals surface area contributed by atoms with E-state index in [0.717, 1.165) is 5.69 Å². The molecule has 0 aliphatic carbocycles. The molecule has 0 radical (unpaired) electrons. The molecule has 1 rings (SSSR count). The maximum absolute atomic E-state index is 5.35. The van der Waals surface area contributed by atoms with E-state index in [0.29, 0.717) is 5.82 Å². The number of rotatable bonds is 0. The van der Waals surface area contributed by atoms with E-state index in [4.69, 9.17) is 5.73 Å². The van der Waals surface area contributed by atoms with Gasteiger partial charge in [0.2, 0.25) is 0 Å². The fraction of sp³-hybridized carbons (Fsp3) is 0.571. The summed E-state index contributed by atoms with van der Waals surface area (Å²) in [5.41, 5.74) is 6.43. The van der Waals surface area contributed by atoms with Crippen molar-refractivity contribution in [2.45, 2.75) is 20.8 Å². The number of anilines is 1. The van der Waals surface area contributed by atoms with Crippen LogP contribution in [0.15, 0.2) is 6.07 Å². The summed E-state index contributed by atoms with van der Waals surface area (Å²) in [6.07, 6.45) is 0. The number of hydrogen-bond acceptors (Lipinski definition) is 2. The lowest BCUT2D eigenvalue weighted by molar-refractivity contribution is 0.744. The Hall–Kier alpha value is -0.990. The molecule has 0 bridgehead atoms. The first kappa shape index (κ1) is 9.01. The smallest absolute Gasteiger partial charge is 0.145 e. The van der Waals surface area contributed by atoms with Crippen molar-refractivity contribution in [2.75, 3.05) is 5.73 Å². The highest BCUT2D eigenvalue weighted by Gasteiger charge is 1.92. The van der Waals surface area contributed by atoms with E-state index >= 15 is 0 Å². The topological polar surface area (TPSA) is 43.8 Å². The molecule has 1 heterocycles. The Morgan fingerprint density at radius 3 is 2.10 bits per heavy atom. The van der Waals surface area contributed by atoms with Gasteiger partial charge in [0, 0.05) is 18.8 Å². The monoisotopic (exact) mass is 141 g/mol. The van der Waals surface area contributed by atoms with E-state index in [-0.39, 0.29) is 0 Å². The van der Waals surface area contributed by atoms with Crippen LogP contribution in [0.4, 0.5) is 5.82 Å². The summed E-state index contributed by atoms with van der Waals surface area (Å²) >= 11 is 0. The van der Waals surface area contributed by atoms with E-state index in [9.17, 15) is 0 Å². The summed E-state index contributed by atoms with van der Waals surface area (Å²) in [6, 6.07) is 1.83. The lowest BCUT2D eigenvalue weighted by Gasteiger charge is -1.87. The molecule has 0 spiro atoms. The van der Waals surface area contributed by atoms with Crippen LogP contribution in [-0.2, 0) is 7.05 Å². The van der Waals surface area contributed by atoms with Crippen LogP contribution in [0.25, 0.3) is 0 Å². The Bertz CT molecular complexity index is 171. The molecule has 3 heteroatoms. The Labute approximate surface area is 61.8 Å². The minimum Gasteiger partial charge on any atom is -0.382 e. The van der Waals surface area contributed by atoms with Crippen molar-refractivity contribution in [3.8, 4) is 0 Å². The van der Waals surface area contributed by atoms with Crippen LogP contribution in [0.3, 0.4) is 0 Å². The zero-order valence-electron chi connectivity index (χ0n) is 7.05. The largest absolute Gasteiger partial charge is 0.382 e. The molecule has 10 heavy (non-hydrogen) atoms. The minimum atomic E-state index is 0.588. The van der Waals surface area contributed by atoms with Crippen LogP contribution < -0.4 is 5.73 Å². The first-order valence-electron chi connectivity index (χ1n) is 3.46. The van der Waals surface area contributed by atoms with Gasteiger partial charge in [-0.1, -0.05) is 13.8 Å². The van der Waals surface area contributed by atoms with Gasteiger partial charge in [0.25, 0.3) is 0 Å². The van der Waals surface area contributed by atoms with Crippen molar-refractivity contribution in [3.05, 3.63) is 11.8 Å². The van der Waals surface area contributed by atoms with Crippen LogP contribution in [0.5, 0.6) is 0 Å². The summed E-state index contributed by atoms with van der Waals surface area (Å²) in [7, 11) is 1.87. The van der Waals surface area contributed by atoms with Gasteiger partial charge >= 0.3 is 0 Å². The van der Waals surface area contributed by atoms with Crippen LogP contribution in [0, 0.1) is 6.92 Å². The van der Waals surface area contributed by atoms with Gasteiger partial charge in [0.1, 0.15) is 5.82 Å². The van der Waals surface area contributed by atoms with Crippen LogP contribution in [-0.4, -0.2) is 9.78 Å². The number of hydrogen-bond donors (Lipinski definition) is 1. The number of nitrogens with two attached hydrogens (primary N) is 1. The van der Waals surface area contributed by atoms with Gasteiger partial charge in [0.15, 0.2) is 0 Å². The molecule has 58 valence electrons. The molecule has 0 unspecified atom stereocenters. The third kappa shape index (κ3) is 2.09. The average Bonchev–Trinajstić information content (AvgIpc) is 2.16. The predicted molar refractivity (Wildman–Crippen MR) is 43.7 cm³/mol. The Morgan fingerprint density at radius 1 is 1.50 bits per heavy atom. The summed E-state index contributed by atoms with van der Waals surface area (Å²) in [4.78, 5) is 0. The molecule has 1 aromatic rings. The predicted octanol–water partition coefficient (Wildman–Crippen LogP) is 1.34. The quantitative estimate of drug-likeness (QED) is 0.592. The van der Waals surface area contributed by atoms with Crippen molar-refractivity contribution in [1.82, 2.24) is 9.78 Å². The first-order chi connectivity index (χ1) is 4.70. The van der Waals surface area contributed by atoms with Gasteiger partial charge in [0.05, 0.1) is 0 Å². The highest BCUT2D eigenvalue weighted by Crippen LogP contribution is 1.99. The van der Waals surface area contributed by atoms with Crippen LogP contribution in [0.2, 0.25) is 0 Å². The Balaban J connectivity index is 0.000000371. The van der Waals surface area contributed by atoms with Crippen molar-refractivity contribution in [2.24, 2.45) is 7.05 Å². The normalized spacial score (nSPS) is 8.40. The molecular weight excluding hydrogens is 126 g/mol. The summed E-state index contributed by atoms with van der Waals surface area (Å²) < 4.78 is 1.75. The van der Waals surface area contributed by atoms with Gasteiger partial charge in [-0.3, -0.25) is 4.68 Å². The van der Waals surface area contributed by atoms with Crippen molar-refractivity contribution >= 4 is 5.82 Å². The van der Waals surface area contributed by atoms with Crippen molar-refractivity contribution < 1.29 is 0 Å². The molecule has 3 nitrogen and oxygen atoms in total. The Kier molecular flexibility index (Phi) is 3.54. The number of nitrogen functional groups attached to an aromatic ring is 1. The molecule has 0 atom stereocenters. The molecule has 0 amide bonds. The SMILES string of the molecule is CC.Cc1cc(N)nn1C. The summed E-state index contributed by atoms with van der Waals surface area (Å²) in [5, 5.41) is 3.91. The first-order valence-corrected chi connectivity index (χ1v) is 3.46. The molecule has 0 aromatic carbocycles. The van der Waals surface area contributed by atoms with Gasteiger partial charge in [-0.05, 0) is 6.92 Å². The Morgan fingerprint density at radius 2 is 2.00 bits per heavy atom. The number of nitrogens with zero attached hydrogens (tertiary/aromatic N) is 2. The summed E-state index contributed by atoms with van der Waals surface area (Å²) in [6.45, 7) is 5.96. The molecule has 0 saturated carbocycles. The standard InChI is InChI=1S/C5H9N3.C2H6/c1-4-3-5(6)7-8(4)2;1-2/h3H,1-2H3,(H2,6,7);1-2H3. The van der Waals surface area contributed by atoms with Crippen LogP contribution >= 0.6 is 0 Å². The molecule has 1 aromatic heterocycles. The fourth-order valence-electron chi connectivity index (χ4n) is 0.588. The second-order valence-electron chi connectivity index (χ2n) is 1.83. The lowest BCUT2D eigenvalue weighted by Crippen LogP contribution is -1.93. The van der Waals surface area contributed by atoms with Crippen molar-refractivity contribution in [1.29, 1.82) is 0 Å². The molecule has 2 N–H and O–H groups in total. The summed E-state index contributed by atoms with van der Waals surface area (Å²) in [5.74, 6) is 0.588. The van der Waals surface area contributed by atoms with Gasteiger partial charge in [-0.25, -0.2) is 0 Å². The third-order valence-electron chi connectivity index (χ3n) is 1.13. The van der Waals surface area contributed by atoms with E-state index in [1.165, 1.54) is 0 Å². The highest BCUT2D eigenvalue weighted by atomic mass is 15.3. The lowest BCUT2D eigenvalue weighted by atomic mass is 10.5. The number of aryl methyl sites for hydroxylation is 2. The second kappa shape index (κ2) is 3.93. The molecule has 0 fully saturated rings. The third-order valence-corrected chi connectivity index (χ3v) is 1.13. The maximum atomic E-state index is 5.35. The zero-order chi connectivity index (χ0) is 8.15. The van der Waals surface area contributed by atoms with E-state index in [1.54, 1.807) is 4.68 Å². The maximum Gasteiger partial charge on any atom is 0.145 e. The zero-order valence-corrected chi connectivity index (χ0v) is 7.05. The molecular formula is C7H15N3. The van der Waals surface area contributed by atoms with Gasteiger partial charge < -0.3 is 5.73 Å². The van der Waals surface area contributed by atoms with Crippen molar-refractivity contribution in [3.63, 3.8) is 0 Å². The molecule has 0 saturated heterocycles. The highest BCUT2D eigenvalue weighted by molar-refractivity contribution is 5.28. The molecule has 0 aliphatic heterocycles. The second-order valence-corrected chi connectivity index (χ2v) is 1.83. The van der Waals surface area contributed by atoms with Gasteiger partial charge in [-0.15, -0.1) is 0 Å². The van der Waals surface area contributed by atoms with E-state index < -0.39 is 0 Å². The average molecular weight is 141 g/mol. The van der Waals surface area contributed by atoms with E-state index in [1.807, 2.05) is 33.9 Å². The van der Waals surface area contributed by atoms with Gasteiger partial charge in [-0.2, -0.15) is 5.10 Å². The van der Waals surface area contributed by atoms with E-state index in [2.05, 4.69) is 5.10 Å². The minimum absolute atomic E-state index is 0.588. The van der Waals surface area contributed by atoms with Crippen LogP contribution in [0.1, 0.15) is 19.5 Å². The molecule has 0 aliphatic rings. The fourth-order valence-corrected chi connectivity index (χ4v) is 0.588. The number of aromatic nitrogens is 2.